The molecule has 0 radical (unpaired) electrons. The standard InChI is InChI=1S/C13H20BrN/c1-9(2)11(4)12(14)8-13-10(3)6-5-7-15-13/h5-7,9,11-12H,8H2,1-4H3. The first-order chi connectivity index (χ1) is 7.02. The smallest absolute Gasteiger partial charge is 0.0443 e. The third kappa shape index (κ3) is 3.60. The number of rotatable bonds is 4. The number of hydrogen-bond donors (Lipinski definition) is 0. The summed E-state index contributed by atoms with van der Waals surface area (Å²) >= 11 is 3.77. The van der Waals surface area contributed by atoms with Crippen LogP contribution in [-0.2, 0) is 6.42 Å². The summed E-state index contributed by atoms with van der Waals surface area (Å²) in [5, 5.41) is 0. The average Bonchev–Trinajstić information content (AvgIpc) is 2.20. The highest BCUT2D eigenvalue weighted by Gasteiger charge is 2.18. The van der Waals surface area contributed by atoms with Crippen LogP contribution in [0.2, 0.25) is 0 Å². The Morgan fingerprint density at radius 2 is 2.00 bits per heavy atom. The number of nitrogens with zero attached hydrogens (tertiary/aromatic N) is 1. The lowest BCUT2D eigenvalue weighted by molar-refractivity contribution is 0.406. The number of halogens is 1. The lowest BCUT2D eigenvalue weighted by atomic mass is 9.92. The van der Waals surface area contributed by atoms with Crippen molar-refractivity contribution >= 4 is 15.9 Å². The molecule has 2 heteroatoms. The first kappa shape index (κ1) is 12.7. The maximum atomic E-state index is 4.43. The van der Waals surface area contributed by atoms with Crippen LogP contribution in [0.4, 0.5) is 0 Å². The number of hydrogen-bond acceptors (Lipinski definition) is 1. The van der Waals surface area contributed by atoms with Gasteiger partial charge >= 0.3 is 0 Å². The van der Waals surface area contributed by atoms with Crippen LogP contribution in [0, 0.1) is 18.8 Å². The highest BCUT2D eigenvalue weighted by molar-refractivity contribution is 9.09. The zero-order valence-corrected chi connectivity index (χ0v) is 11.6. The molecule has 0 saturated heterocycles. The van der Waals surface area contributed by atoms with Crippen LogP contribution in [0.1, 0.15) is 32.0 Å². The van der Waals surface area contributed by atoms with Crippen LogP contribution in [0.15, 0.2) is 18.3 Å². The summed E-state index contributed by atoms with van der Waals surface area (Å²) in [5.41, 5.74) is 2.50. The second kappa shape index (κ2) is 5.64. The van der Waals surface area contributed by atoms with Crippen molar-refractivity contribution in [1.29, 1.82) is 0 Å². The molecule has 2 unspecified atom stereocenters. The van der Waals surface area contributed by atoms with Crippen molar-refractivity contribution in [2.45, 2.75) is 38.9 Å². The van der Waals surface area contributed by atoms with Gasteiger partial charge in [-0.05, 0) is 30.4 Å². The molecule has 1 aromatic heterocycles. The molecule has 0 spiro atoms. The van der Waals surface area contributed by atoms with E-state index in [2.05, 4.69) is 54.7 Å². The Labute approximate surface area is 101 Å². The van der Waals surface area contributed by atoms with E-state index in [1.165, 1.54) is 11.3 Å². The van der Waals surface area contributed by atoms with Crippen LogP contribution >= 0.6 is 15.9 Å². The molecule has 1 heterocycles. The third-order valence-electron chi connectivity index (χ3n) is 3.13. The number of alkyl halides is 1. The summed E-state index contributed by atoms with van der Waals surface area (Å²) in [6.07, 6.45) is 2.90. The summed E-state index contributed by atoms with van der Waals surface area (Å²) in [4.78, 5) is 4.95. The van der Waals surface area contributed by atoms with Crippen molar-refractivity contribution in [3.8, 4) is 0 Å². The lowest BCUT2D eigenvalue weighted by Gasteiger charge is -2.22. The van der Waals surface area contributed by atoms with Crippen molar-refractivity contribution in [3.63, 3.8) is 0 Å². The summed E-state index contributed by atoms with van der Waals surface area (Å²) in [7, 11) is 0. The Hall–Kier alpha value is -0.370. The van der Waals surface area contributed by atoms with E-state index in [-0.39, 0.29) is 0 Å². The molecule has 0 amide bonds. The van der Waals surface area contributed by atoms with Crippen LogP contribution in [-0.4, -0.2) is 9.81 Å². The van der Waals surface area contributed by atoms with Crippen molar-refractivity contribution in [2.75, 3.05) is 0 Å². The second-order valence-electron chi connectivity index (χ2n) is 4.59. The van der Waals surface area contributed by atoms with Crippen molar-refractivity contribution < 1.29 is 0 Å². The largest absolute Gasteiger partial charge is 0.261 e. The Morgan fingerprint density at radius 1 is 1.33 bits per heavy atom. The van der Waals surface area contributed by atoms with Gasteiger partial charge in [-0.25, -0.2) is 0 Å². The zero-order valence-electron chi connectivity index (χ0n) is 10.00. The van der Waals surface area contributed by atoms with Gasteiger partial charge in [-0.3, -0.25) is 4.98 Å². The molecule has 84 valence electrons. The fourth-order valence-corrected chi connectivity index (χ4v) is 2.44. The van der Waals surface area contributed by atoms with Gasteiger partial charge in [0.25, 0.3) is 0 Å². The fraction of sp³-hybridized carbons (Fsp3) is 0.615. The van der Waals surface area contributed by atoms with Gasteiger partial charge in [-0.2, -0.15) is 0 Å². The Balaban J connectivity index is 2.66. The molecule has 0 aliphatic heterocycles. The van der Waals surface area contributed by atoms with Crippen LogP contribution < -0.4 is 0 Å². The molecule has 0 aromatic carbocycles. The van der Waals surface area contributed by atoms with E-state index in [9.17, 15) is 0 Å². The van der Waals surface area contributed by atoms with Crippen molar-refractivity contribution in [1.82, 2.24) is 4.98 Å². The van der Waals surface area contributed by atoms with Gasteiger partial charge in [0.2, 0.25) is 0 Å². The summed E-state index contributed by atoms with van der Waals surface area (Å²) in [6.45, 7) is 8.96. The van der Waals surface area contributed by atoms with Gasteiger partial charge in [0.1, 0.15) is 0 Å². The highest BCUT2D eigenvalue weighted by atomic mass is 79.9. The van der Waals surface area contributed by atoms with Crippen molar-refractivity contribution in [2.24, 2.45) is 11.8 Å². The van der Waals surface area contributed by atoms with E-state index in [0.29, 0.717) is 16.7 Å². The topological polar surface area (TPSA) is 12.9 Å². The Bertz CT molecular complexity index is 309. The first-order valence-electron chi connectivity index (χ1n) is 5.57. The Kier molecular flexibility index (Phi) is 4.78. The first-order valence-corrected chi connectivity index (χ1v) is 6.48. The minimum Gasteiger partial charge on any atom is -0.261 e. The second-order valence-corrected chi connectivity index (χ2v) is 5.77. The van der Waals surface area contributed by atoms with Crippen molar-refractivity contribution in [3.05, 3.63) is 29.6 Å². The summed E-state index contributed by atoms with van der Waals surface area (Å²) < 4.78 is 0. The fourth-order valence-electron chi connectivity index (χ4n) is 1.52. The summed E-state index contributed by atoms with van der Waals surface area (Å²) in [6, 6.07) is 4.12. The van der Waals surface area contributed by atoms with E-state index in [1.807, 2.05) is 12.3 Å². The molecule has 1 rings (SSSR count). The molecule has 0 fully saturated rings. The maximum absolute atomic E-state index is 4.43. The van der Waals surface area contributed by atoms with Gasteiger partial charge in [-0.15, -0.1) is 0 Å². The maximum Gasteiger partial charge on any atom is 0.0443 e. The number of aromatic nitrogens is 1. The molecule has 1 nitrogen and oxygen atoms in total. The quantitative estimate of drug-likeness (QED) is 0.754. The van der Waals surface area contributed by atoms with Gasteiger partial charge in [0, 0.05) is 23.1 Å². The predicted molar refractivity (Wildman–Crippen MR) is 69.4 cm³/mol. The Morgan fingerprint density at radius 3 is 2.53 bits per heavy atom. The van der Waals surface area contributed by atoms with E-state index < -0.39 is 0 Å². The molecule has 0 N–H and O–H groups in total. The minimum absolute atomic E-state index is 0.520. The molecule has 0 bridgehead atoms. The molecule has 0 saturated carbocycles. The average molecular weight is 270 g/mol. The molecular formula is C13H20BrN. The van der Waals surface area contributed by atoms with E-state index in [4.69, 9.17) is 0 Å². The molecule has 2 atom stereocenters. The van der Waals surface area contributed by atoms with E-state index >= 15 is 0 Å². The van der Waals surface area contributed by atoms with Crippen LogP contribution in [0.25, 0.3) is 0 Å². The monoisotopic (exact) mass is 269 g/mol. The number of pyridine rings is 1. The minimum atomic E-state index is 0.520. The predicted octanol–water partition coefficient (Wildman–Crippen LogP) is 3.99. The molecule has 1 aromatic rings. The molecular weight excluding hydrogens is 250 g/mol. The zero-order chi connectivity index (χ0) is 11.4. The molecule has 0 aliphatic carbocycles. The molecule has 15 heavy (non-hydrogen) atoms. The van der Waals surface area contributed by atoms with Crippen LogP contribution in [0.5, 0.6) is 0 Å². The highest BCUT2D eigenvalue weighted by Crippen LogP contribution is 2.24. The van der Waals surface area contributed by atoms with Gasteiger partial charge in [-0.1, -0.05) is 42.8 Å². The van der Waals surface area contributed by atoms with E-state index in [0.717, 1.165) is 6.42 Å². The third-order valence-corrected chi connectivity index (χ3v) is 4.29. The number of aryl methyl sites for hydroxylation is 1. The van der Waals surface area contributed by atoms with Gasteiger partial charge < -0.3 is 0 Å². The molecule has 0 aliphatic rings. The van der Waals surface area contributed by atoms with E-state index in [1.54, 1.807) is 0 Å². The van der Waals surface area contributed by atoms with Gasteiger partial charge in [0.05, 0.1) is 0 Å². The van der Waals surface area contributed by atoms with Gasteiger partial charge in [0.15, 0.2) is 0 Å². The summed E-state index contributed by atoms with van der Waals surface area (Å²) in [5.74, 6) is 1.38. The SMILES string of the molecule is Cc1cccnc1CC(Br)C(C)C(C)C. The normalized spacial score (nSPS) is 15.3. The lowest BCUT2D eigenvalue weighted by Crippen LogP contribution is -2.20. The van der Waals surface area contributed by atoms with Crippen LogP contribution in [0.3, 0.4) is 0 Å².